The molecule has 0 aromatic carbocycles. The monoisotopic (exact) mass is 304 g/mol. The fraction of sp³-hybridized carbons (Fsp3) is 0.538. The third-order valence-electron chi connectivity index (χ3n) is 2.92. The molecule has 2 heterocycles. The van der Waals surface area contributed by atoms with E-state index >= 15 is 0 Å². The van der Waals surface area contributed by atoms with Gasteiger partial charge >= 0.3 is 6.18 Å². The zero-order valence-electron chi connectivity index (χ0n) is 11.2. The predicted octanol–water partition coefficient (Wildman–Crippen LogP) is 2.23. The number of amides is 1. The molecule has 1 atom stereocenters. The highest BCUT2D eigenvalue weighted by Crippen LogP contribution is 2.28. The Labute approximate surface area is 119 Å². The first-order chi connectivity index (χ1) is 9.95. The summed E-state index contributed by atoms with van der Waals surface area (Å²) in [6, 6.07) is 1.96. The van der Waals surface area contributed by atoms with Gasteiger partial charge in [-0.25, -0.2) is 4.98 Å². The number of hydrogen-bond acceptors (Lipinski definition) is 4. The lowest BCUT2D eigenvalue weighted by atomic mass is 10.2. The summed E-state index contributed by atoms with van der Waals surface area (Å²) >= 11 is 0. The van der Waals surface area contributed by atoms with Crippen LogP contribution >= 0.6 is 0 Å². The molecule has 1 unspecified atom stereocenters. The van der Waals surface area contributed by atoms with E-state index in [-0.39, 0.29) is 18.5 Å². The smallest absolute Gasteiger partial charge is 0.376 e. The number of anilines is 1. The average Bonchev–Trinajstić information content (AvgIpc) is 2.91. The van der Waals surface area contributed by atoms with Crippen molar-refractivity contribution in [2.24, 2.45) is 0 Å². The third-order valence-corrected chi connectivity index (χ3v) is 2.92. The fourth-order valence-corrected chi connectivity index (χ4v) is 1.87. The Morgan fingerprint density at radius 2 is 2.29 bits per heavy atom. The third kappa shape index (κ3) is 4.98. The topological polar surface area (TPSA) is 60.5 Å². The number of alkyl halides is 3. The van der Waals surface area contributed by atoms with E-state index in [1.807, 2.05) is 0 Å². The normalized spacial score (nSPS) is 18.7. The summed E-state index contributed by atoms with van der Waals surface area (Å²) in [6.07, 6.45) is -1.87. The van der Waals surface area contributed by atoms with Gasteiger partial charge in [0.2, 0.25) is 0 Å². The Hall–Kier alpha value is -1.67. The van der Waals surface area contributed by atoms with Gasteiger partial charge in [-0.1, -0.05) is 0 Å². The van der Waals surface area contributed by atoms with Gasteiger partial charge in [0, 0.05) is 12.8 Å². The van der Waals surface area contributed by atoms with Gasteiger partial charge in [-0.2, -0.15) is 13.2 Å². The van der Waals surface area contributed by atoms with E-state index in [4.69, 9.17) is 9.47 Å². The molecule has 116 valence electrons. The van der Waals surface area contributed by atoms with Crippen molar-refractivity contribution in [1.29, 1.82) is 0 Å². The lowest BCUT2D eigenvalue weighted by Crippen LogP contribution is -2.23. The van der Waals surface area contributed by atoms with Gasteiger partial charge in [-0.05, 0) is 25.0 Å². The van der Waals surface area contributed by atoms with Crippen LogP contribution in [0.3, 0.4) is 0 Å². The van der Waals surface area contributed by atoms with Gasteiger partial charge < -0.3 is 14.8 Å². The fourth-order valence-electron chi connectivity index (χ4n) is 1.87. The Morgan fingerprint density at radius 3 is 2.86 bits per heavy atom. The van der Waals surface area contributed by atoms with E-state index < -0.39 is 17.6 Å². The molecule has 0 radical (unpaired) electrons. The van der Waals surface area contributed by atoms with Crippen LogP contribution in [-0.4, -0.2) is 36.8 Å². The second-order valence-electron chi connectivity index (χ2n) is 4.63. The summed E-state index contributed by atoms with van der Waals surface area (Å²) < 4.78 is 47.5. The average molecular weight is 304 g/mol. The van der Waals surface area contributed by atoms with Crippen molar-refractivity contribution in [2.75, 3.05) is 25.1 Å². The quantitative estimate of drug-likeness (QED) is 0.906. The molecule has 1 aromatic rings. The van der Waals surface area contributed by atoms with Crippen molar-refractivity contribution in [1.82, 2.24) is 4.98 Å². The van der Waals surface area contributed by atoms with E-state index in [9.17, 15) is 18.0 Å². The number of carbonyl (C=O) groups excluding carboxylic acids is 1. The number of ether oxygens (including phenoxy) is 2. The molecule has 1 aliphatic heterocycles. The zero-order valence-corrected chi connectivity index (χ0v) is 11.2. The van der Waals surface area contributed by atoms with E-state index in [0.29, 0.717) is 19.4 Å². The number of hydrogen-bond donors (Lipinski definition) is 1. The van der Waals surface area contributed by atoms with E-state index in [2.05, 4.69) is 10.3 Å². The molecule has 8 heteroatoms. The van der Waals surface area contributed by atoms with Crippen molar-refractivity contribution in [3.63, 3.8) is 0 Å². The molecule has 0 bridgehead atoms. The molecular formula is C13H15F3N2O3. The van der Waals surface area contributed by atoms with Crippen LogP contribution in [0.5, 0.6) is 0 Å². The van der Waals surface area contributed by atoms with Crippen LogP contribution in [0, 0.1) is 0 Å². The van der Waals surface area contributed by atoms with Crippen LogP contribution in [0.25, 0.3) is 0 Å². The molecule has 0 aliphatic carbocycles. The Kier molecular flexibility index (Phi) is 5.13. The number of nitrogens with zero attached hydrogens (tertiary/aromatic N) is 1. The predicted molar refractivity (Wildman–Crippen MR) is 67.7 cm³/mol. The minimum absolute atomic E-state index is 0.0157. The van der Waals surface area contributed by atoms with Crippen molar-refractivity contribution in [3.05, 3.63) is 23.9 Å². The Bertz CT molecular complexity index is 471. The molecular weight excluding hydrogens is 289 g/mol. The van der Waals surface area contributed by atoms with Crippen LogP contribution in [0.15, 0.2) is 18.3 Å². The maximum atomic E-state index is 12.3. The molecule has 5 nitrogen and oxygen atoms in total. The van der Waals surface area contributed by atoms with Crippen molar-refractivity contribution >= 4 is 11.7 Å². The van der Waals surface area contributed by atoms with Crippen molar-refractivity contribution in [2.45, 2.75) is 25.1 Å². The molecule has 21 heavy (non-hydrogen) atoms. The standard InChI is InChI=1S/C13H15F3N2O3/c14-13(15,16)9-3-4-11(17-6-9)18-12(19)8-20-7-10-2-1-5-21-10/h3-4,6,10H,1-2,5,7-8H2,(H,17,18,19). The summed E-state index contributed by atoms with van der Waals surface area (Å²) in [6.45, 7) is 0.839. The Balaban J connectivity index is 1.74. The maximum absolute atomic E-state index is 12.3. The molecule has 0 spiro atoms. The highest BCUT2D eigenvalue weighted by Gasteiger charge is 2.30. The van der Waals surface area contributed by atoms with Crippen LogP contribution in [0.4, 0.5) is 19.0 Å². The van der Waals surface area contributed by atoms with Gasteiger partial charge in [-0.15, -0.1) is 0 Å². The zero-order chi connectivity index (χ0) is 15.3. The molecule has 1 N–H and O–H groups in total. The van der Waals surface area contributed by atoms with Gasteiger partial charge in [0.05, 0.1) is 18.3 Å². The summed E-state index contributed by atoms with van der Waals surface area (Å²) in [4.78, 5) is 15.1. The van der Waals surface area contributed by atoms with E-state index in [1.54, 1.807) is 0 Å². The second-order valence-corrected chi connectivity index (χ2v) is 4.63. The molecule has 1 saturated heterocycles. The minimum atomic E-state index is -4.44. The molecule has 1 fully saturated rings. The maximum Gasteiger partial charge on any atom is 0.417 e. The van der Waals surface area contributed by atoms with Gasteiger partial charge in [0.1, 0.15) is 12.4 Å². The van der Waals surface area contributed by atoms with Crippen LogP contribution in [0.1, 0.15) is 18.4 Å². The van der Waals surface area contributed by atoms with E-state index in [0.717, 1.165) is 25.0 Å². The second kappa shape index (κ2) is 6.86. The van der Waals surface area contributed by atoms with Crippen molar-refractivity contribution in [3.8, 4) is 0 Å². The SMILES string of the molecule is O=C(COCC1CCCO1)Nc1ccc(C(F)(F)F)cn1. The van der Waals surface area contributed by atoms with Crippen LogP contribution in [0.2, 0.25) is 0 Å². The lowest BCUT2D eigenvalue weighted by molar-refractivity contribution is -0.137. The van der Waals surface area contributed by atoms with Crippen LogP contribution < -0.4 is 5.32 Å². The van der Waals surface area contributed by atoms with Gasteiger partial charge in [0.15, 0.2) is 0 Å². The molecule has 0 saturated carbocycles. The van der Waals surface area contributed by atoms with Crippen molar-refractivity contribution < 1.29 is 27.4 Å². The van der Waals surface area contributed by atoms with Crippen LogP contribution in [-0.2, 0) is 20.4 Å². The number of aromatic nitrogens is 1. The number of rotatable bonds is 5. The lowest BCUT2D eigenvalue weighted by Gasteiger charge is -2.10. The first-order valence-corrected chi connectivity index (χ1v) is 6.47. The first-order valence-electron chi connectivity index (χ1n) is 6.47. The highest BCUT2D eigenvalue weighted by molar-refractivity contribution is 5.90. The number of halogens is 3. The molecule has 1 aromatic heterocycles. The summed E-state index contributed by atoms with van der Waals surface area (Å²) in [7, 11) is 0. The molecule has 2 rings (SSSR count). The summed E-state index contributed by atoms with van der Waals surface area (Å²) in [5, 5.41) is 2.36. The van der Waals surface area contributed by atoms with Gasteiger partial charge in [0.25, 0.3) is 5.91 Å². The molecule has 1 amide bonds. The number of nitrogens with one attached hydrogen (secondary N) is 1. The first kappa shape index (κ1) is 15.7. The summed E-state index contributed by atoms with van der Waals surface area (Å²) in [5.74, 6) is -0.422. The minimum Gasteiger partial charge on any atom is -0.376 e. The van der Waals surface area contributed by atoms with Gasteiger partial charge in [-0.3, -0.25) is 4.79 Å². The molecule has 1 aliphatic rings. The largest absolute Gasteiger partial charge is 0.417 e. The summed E-state index contributed by atoms with van der Waals surface area (Å²) in [5.41, 5.74) is -0.866. The number of pyridine rings is 1. The highest BCUT2D eigenvalue weighted by atomic mass is 19.4. The Morgan fingerprint density at radius 1 is 1.48 bits per heavy atom. The number of carbonyl (C=O) groups is 1. The van der Waals surface area contributed by atoms with E-state index in [1.165, 1.54) is 0 Å².